The van der Waals surface area contributed by atoms with E-state index in [2.05, 4.69) is 32.9 Å². The van der Waals surface area contributed by atoms with Crippen LogP contribution in [-0.2, 0) is 0 Å². The molecule has 1 heterocycles. The first-order valence-corrected chi connectivity index (χ1v) is 5.95. The van der Waals surface area contributed by atoms with Crippen molar-refractivity contribution >= 4 is 39.9 Å². The van der Waals surface area contributed by atoms with Crippen molar-refractivity contribution < 1.29 is 9.90 Å². The van der Waals surface area contributed by atoms with Gasteiger partial charge in [-0.05, 0) is 46.9 Å². The molecule has 0 unspecified atom stereocenters. The highest BCUT2D eigenvalue weighted by Gasteiger charge is 2.04. The molecule has 2 rings (SSSR count). The van der Waals surface area contributed by atoms with Crippen LogP contribution >= 0.6 is 22.6 Å². The molecule has 0 saturated carbocycles. The van der Waals surface area contributed by atoms with Crippen LogP contribution in [-0.4, -0.2) is 16.1 Å². The van der Waals surface area contributed by atoms with E-state index in [1.165, 1.54) is 12.3 Å². The Morgan fingerprint density at radius 2 is 2.00 bits per heavy atom. The van der Waals surface area contributed by atoms with Gasteiger partial charge in [-0.15, -0.1) is 0 Å². The van der Waals surface area contributed by atoms with Gasteiger partial charge in [0.15, 0.2) is 0 Å². The molecular formula is C12H9IN2O2. The predicted octanol–water partition coefficient (Wildman–Crippen LogP) is 3.13. The van der Waals surface area contributed by atoms with Crippen LogP contribution in [0.2, 0.25) is 0 Å². The van der Waals surface area contributed by atoms with E-state index in [1.807, 2.05) is 24.3 Å². The van der Waals surface area contributed by atoms with Crippen molar-refractivity contribution in [2.24, 2.45) is 0 Å². The van der Waals surface area contributed by atoms with Crippen LogP contribution < -0.4 is 5.32 Å². The van der Waals surface area contributed by atoms with Crippen LogP contribution in [0.15, 0.2) is 42.6 Å². The number of pyridine rings is 1. The van der Waals surface area contributed by atoms with E-state index in [0.29, 0.717) is 0 Å². The van der Waals surface area contributed by atoms with Gasteiger partial charge in [-0.2, -0.15) is 0 Å². The Balaban J connectivity index is 2.20. The van der Waals surface area contributed by atoms with E-state index in [-0.39, 0.29) is 5.69 Å². The largest absolute Gasteiger partial charge is 0.477 e. The van der Waals surface area contributed by atoms with E-state index < -0.39 is 5.97 Å². The Bertz CT molecular complexity index is 540. The zero-order valence-electron chi connectivity index (χ0n) is 8.72. The number of para-hydroxylation sites is 1. The van der Waals surface area contributed by atoms with E-state index in [4.69, 9.17) is 5.11 Å². The highest BCUT2D eigenvalue weighted by Crippen LogP contribution is 2.21. The lowest BCUT2D eigenvalue weighted by atomic mass is 10.3. The summed E-state index contributed by atoms with van der Waals surface area (Å²) in [5.41, 5.74) is 1.77. The Kier molecular flexibility index (Phi) is 3.58. The number of nitrogens with one attached hydrogen (secondary N) is 1. The Morgan fingerprint density at radius 3 is 2.59 bits per heavy atom. The summed E-state index contributed by atoms with van der Waals surface area (Å²) in [6, 6.07) is 11.0. The van der Waals surface area contributed by atoms with Gasteiger partial charge in [-0.1, -0.05) is 12.1 Å². The van der Waals surface area contributed by atoms with Crippen LogP contribution in [0.3, 0.4) is 0 Å². The van der Waals surface area contributed by atoms with Crippen molar-refractivity contribution in [2.75, 3.05) is 5.32 Å². The number of aromatic nitrogens is 1. The van der Waals surface area contributed by atoms with Gasteiger partial charge in [0, 0.05) is 3.57 Å². The van der Waals surface area contributed by atoms with Gasteiger partial charge >= 0.3 is 5.97 Å². The maximum atomic E-state index is 10.6. The second-order valence-electron chi connectivity index (χ2n) is 3.34. The van der Waals surface area contributed by atoms with E-state index in [0.717, 1.165) is 14.9 Å². The number of halogens is 1. The molecule has 0 bridgehead atoms. The fraction of sp³-hybridized carbons (Fsp3) is 0. The zero-order valence-corrected chi connectivity index (χ0v) is 10.9. The number of benzene rings is 1. The number of rotatable bonds is 3. The molecule has 86 valence electrons. The standard InChI is InChI=1S/C12H9IN2O2/c13-9-3-1-2-4-10(9)15-8-5-6-11(12(16)17)14-7-8/h1-7,15H,(H,16,17). The number of carboxylic acid groups (broad SMARTS) is 1. The molecule has 5 heteroatoms. The monoisotopic (exact) mass is 340 g/mol. The molecule has 0 fully saturated rings. The molecule has 0 spiro atoms. The zero-order chi connectivity index (χ0) is 12.3. The molecule has 0 aliphatic rings. The molecule has 0 aliphatic carbocycles. The minimum absolute atomic E-state index is 0.0401. The lowest BCUT2D eigenvalue weighted by Crippen LogP contribution is -2.00. The van der Waals surface area contributed by atoms with Gasteiger partial charge in [-0.3, -0.25) is 0 Å². The van der Waals surface area contributed by atoms with Crippen LogP contribution in [0.25, 0.3) is 0 Å². The first-order valence-electron chi connectivity index (χ1n) is 4.88. The highest BCUT2D eigenvalue weighted by molar-refractivity contribution is 14.1. The second kappa shape index (κ2) is 5.13. The van der Waals surface area contributed by atoms with Crippen LogP contribution in [0, 0.1) is 3.57 Å². The molecule has 0 aliphatic heterocycles. The van der Waals surface area contributed by atoms with Gasteiger partial charge in [0.2, 0.25) is 0 Å². The molecule has 0 radical (unpaired) electrons. The number of aromatic carboxylic acids is 1. The average Bonchev–Trinajstić information content (AvgIpc) is 2.33. The third-order valence-electron chi connectivity index (χ3n) is 2.14. The Hall–Kier alpha value is -1.63. The van der Waals surface area contributed by atoms with Crippen molar-refractivity contribution in [2.45, 2.75) is 0 Å². The van der Waals surface area contributed by atoms with Crippen LogP contribution in [0.4, 0.5) is 11.4 Å². The van der Waals surface area contributed by atoms with Gasteiger partial charge in [0.05, 0.1) is 17.6 Å². The summed E-state index contributed by atoms with van der Waals surface area (Å²) in [6.07, 6.45) is 1.51. The molecule has 0 atom stereocenters. The van der Waals surface area contributed by atoms with Crippen molar-refractivity contribution in [3.05, 3.63) is 51.9 Å². The number of hydrogen-bond donors (Lipinski definition) is 2. The number of nitrogens with zero attached hydrogens (tertiary/aromatic N) is 1. The first-order chi connectivity index (χ1) is 8.16. The fourth-order valence-corrected chi connectivity index (χ4v) is 1.83. The summed E-state index contributed by atoms with van der Waals surface area (Å²) in [7, 11) is 0. The van der Waals surface area contributed by atoms with Crippen molar-refractivity contribution in [1.29, 1.82) is 0 Å². The lowest BCUT2D eigenvalue weighted by Gasteiger charge is -2.07. The summed E-state index contributed by atoms with van der Waals surface area (Å²) >= 11 is 2.23. The van der Waals surface area contributed by atoms with Gasteiger partial charge in [-0.25, -0.2) is 9.78 Å². The molecule has 4 nitrogen and oxygen atoms in total. The van der Waals surface area contributed by atoms with Gasteiger partial charge in [0.1, 0.15) is 5.69 Å². The van der Waals surface area contributed by atoms with Gasteiger partial charge < -0.3 is 10.4 Å². The van der Waals surface area contributed by atoms with E-state index >= 15 is 0 Å². The average molecular weight is 340 g/mol. The quantitative estimate of drug-likeness (QED) is 0.843. The van der Waals surface area contributed by atoms with Crippen molar-refractivity contribution in [3.8, 4) is 0 Å². The third kappa shape index (κ3) is 2.94. The minimum atomic E-state index is -1.02. The number of anilines is 2. The molecule has 0 saturated heterocycles. The van der Waals surface area contributed by atoms with Gasteiger partial charge in [0.25, 0.3) is 0 Å². The SMILES string of the molecule is O=C(O)c1ccc(Nc2ccccc2I)cn1. The maximum absolute atomic E-state index is 10.6. The smallest absolute Gasteiger partial charge is 0.354 e. The highest BCUT2D eigenvalue weighted by atomic mass is 127. The topological polar surface area (TPSA) is 62.2 Å². The molecular weight excluding hydrogens is 331 g/mol. The Labute approximate surface area is 112 Å². The minimum Gasteiger partial charge on any atom is -0.477 e. The molecule has 1 aromatic carbocycles. The first kappa shape index (κ1) is 11.8. The number of hydrogen-bond acceptors (Lipinski definition) is 3. The maximum Gasteiger partial charge on any atom is 0.354 e. The summed E-state index contributed by atoms with van der Waals surface area (Å²) < 4.78 is 1.09. The molecule has 2 aromatic rings. The lowest BCUT2D eigenvalue weighted by molar-refractivity contribution is 0.0690. The normalized spacial score (nSPS) is 9.94. The summed E-state index contributed by atoms with van der Waals surface area (Å²) in [5, 5.41) is 11.9. The van der Waals surface area contributed by atoms with E-state index in [1.54, 1.807) is 6.07 Å². The molecule has 0 amide bonds. The summed E-state index contributed by atoms with van der Waals surface area (Å²) in [4.78, 5) is 14.5. The fourth-order valence-electron chi connectivity index (χ4n) is 1.31. The second-order valence-corrected chi connectivity index (χ2v) is 4.50. The molecule has 1 aromatic heterocycles. The van der Waals surface area contributed by atoms with Crippen LogP contribution in [0.5, 0.6) is 0 Å². The molecule has 17 heavy (non-hydrogen) atoms. The van der Waals surface area contributed by atoms with Crippen molar-refractivity contribution in [1.82, 2.24) is 4.98 Å². The molecule has 2 N–H and O–H groups in total. The summed E-state index contributed by atoms with van der Waals surface area (Å²) in [6.45, 7) is 0. The number of carbonyl (C=O) groups is 1. The van der Waals surface area contributed by atoms with Crippen LogP contribution in [0.1, 0.15) is 10.5 Å². The third-order valence-corrected chi connectivity index (χ3v) is 3.08. The Morgan fingerprint density at radius 1 is 1.24 bits per heavy atom. The van der Waals surface area contributed by atoms with E-state index in [9.17, 15) is 4.79 Å². The van der Waals surface area contributed by atoms with Crippen molar-refractivity contribution in [3.63, 3.8) is 0 Å². The summed E-state index contributed by atoms with van der Waals surface area (Å²) in [5.74, 6) is -1.02. The number of carboxylic acids is 1. The predicted molar refractivity (Wildman–Crippen MR) is 73.6 cm³/mol.